The summed E-state index contributed by atoms with van der Waals surface area (Å²) in [6, 6.07) is 3.61. The van der Waals surface area contributed by atoms with Crippen LogP contribution >= 0.6 is 15.9 Å². The molecule has 0 spiro atoms. The van der Waals surface area contributed by atoms with Crippen molar-refractivity contribution in [2.45, 2.75) is 25.7 Å². The molecule has 0 unspecified atom stereocenters. The highest BCUT2D eigenvalue weighted by atomic mass is 79.9. The van der Waals surface area contributed by atoms with Crippen LogP contribution in [-0.2, 0) is 15.0 Å². The monoisotopic (exact) mass is 328 g/mol. The third-order valence-electron chi connectivity index (χ3n) is 3.04. The van der Waals surface area contributed by atoms with Crippen molar-refractivity contribution in [3.63, 3.8) is 0 Å². The predicted molar refractivity (Wildman–Crippen MR) is 70.6 cm³/mol. The molecule has 2 rings (SSSR count). The van der Waals surface area contributed by atoms with Crippen LogP contribution in [0.4, 0.5) is 0 Å². The van der Waals surface area contributed by atoms with Gasteiger partial charge >= 0.3 is 5.97 Å². The van der Waals surface area contributed by atoms with Gasteiger partial charge in [-0.05, 0) is 22.0 Å². The molecule has 0 atom stereocenters. The fourth-order valence-electron chi connectivity index (χ4n) is 2.07. The predicted octanol–water partition coefficient (Wildman–Crippen LogP) is 2.50. The third kappa shape index (κ3) is 2.58. The maximum atomic E-state index is 11.4. The smallest absolute Gasteiger partial charge is 0.372 e. The molecule has 1 heterocycles. The zero-order valence-electron chi connectivity index (χ0n) is 10.5. The zero-order valence-corrected chi connectivity index (χ0v) is 12.1. The van der Waals surface area contributed by atoms with Gasteiger partial charge in [0.25, 0.3) is 0 Å². The largest absolute Gasteiger partial charge is 0.476 e. The van der Waals surface area contributed by atoms with Crippen LogP contribution in [0.2, 0.25) is 0 Å². The maximum Gasteiger partial charge on any atom is 0.372 e. The van der Waals surface area contributed by atoms with Crippen LogP contribution in [0.15, 0.2) is 16.6 Å². The van der Waals surface area contributed by atoms with Crippen LogP contribution in [0.1, 0.15) is 25.8 Å². The van der Waals surface area contributed by atoms with Crippen molar-refractivity contribution >= 4 is 27.7 Å². The summed E-state index contributed by atoms with van der Waals surface area (Å²) in [5.41, 5.74) is 0.117. The van der Waals surface area contributed by atoms with Gasteiger partial charge in [-0.25, -0.2) is 4.79 Å². The Hall–Kier alpha value is -1.56. The number of carboxylic acids is 1. The Balaban J connectivity index is 2.39. The molecule has 0 aromatic heterocycles. The summed E-state index contributed by atoms with van der Waals surface area (Å²) in [6.07, 6.45) is -0.0975. The summed E-state index contributed by atoms with van der Waals surface area (Å²) < 4.78 is 11.5. The summed E-state index contributed by atoms with van der Waals surface area (Å²) in [5.74, 6) is -1.08. The van der Waals surface area contributed by atoms with Gasteiger partial charge in [-0.3, -0.25) is 4.79 Å². The van der Waals surface area contributed by atoms with E-state index in [-0.39, 0.29) is 13.2 Å². The van der Waals surface area contributed by atoms with Gasteiger partial charge in [0.1, 0.15) is 0 Å². The van der Waals surface area contributed by atoms with Crippen molar-refractivity contribution in [1.29, 1.82) is 0 Å². The number of Topliss-reactive ketones (excluding diaryl/α,β-unsaturated/α-hetero) is 1. The SMILES string of the molecule is CC(C)(CC(=O)C(=O)O)c1ccc(Br)c2c1OCO2. The topological polar surface area (TPSA) is 72.8 Å². The lowest BCUT2D eigenvalue weighted by molar-refractivity contribution is -0.149. The number of rotatable bonds is 4. The minimum atomic E-state index is -1.42. The maximum absolute atomic E-state index is 11.4. The molecule has 1 aliphatic heterocycles. The summed E-state index contributed by atoms with van der Waals surface area (Å²) in [7, 11) is 0. The minimum absolute atomic E-state index is 0.0975. The first kappa shape index (κ1) is 13.9. The molecule has 1 aromatic rings. The van der Waals surface area contributed by atoms with E-state index in [0.29, 0.717) is 11.5 Å². The van der Waals surface area contributed by atoms with Gasteiger partial charge in [0, 0.05) is 17.4 Å². The van der Waals surface area contributed by atoms with Gasteiger partial charge < -0.3 is 14.6 Å². The first-order valence-corrected chi connectivity index (χ1v) is 6.47. The van der Waals surface area contributed by atoms with E-state index in [0.717, 1.165) is 10.0 Å². The van der Waals surface area contributed by atoms with Crippen LogP contribution < -0.4 is 9.47 Å². The molecular weight excluding hydrogens is 316 g/mol. The number of ether oxygens (including phenoxy) is 2. The third-order valence-corrected chi connectivity index (χ3v) is 3.67. The number of aliphatic carboxylic acids is 1. The molecule has 0 aliphatic carbocycles. The Morgan fingerprint density at radius 2 is 1.95 bits per heavy atom. The lowest BCUT2D eigenvalue weighted by Gasteiger charge is -2.25. The van der Waals surface area contributed by atoms with Gasteiger partial charge in [0.15, 0.2) is 11.5 Å². The van der Waals surface area contributed by atoms with E-state index >= 15 is 0 Å². The molecule has 0 fully saturated rings. The number of carbonyl (C=O) groups is 2. The van der Waals surface area contributed by atoms with Crippen molar-refractivity contribution in [3.05, 3.63) is 22.2 Å². The van der Waals surface area contributed by atoms with Crippen LogP contribution in [0.3, 0.4) is 0 Å². The van der Waals surface area contributed by atoms with Gasteiger partial charge in [-0.1, -0.05) is 19.9 Å². The molecule has 6 heteroatoms. The van der Waals surface area contributed by atoms with E-state index in [9.17, 15) is 9.59 Å². The Bertz CT molecular complexity index is 550. The van der Waals surface area contributed by atoms with Crippen LogP contribution in [0.5, 0.6) is 11.5 Å². The Labute approximate surface area is 118 Å². The quantitative estimate of drug-likeness (QED) is 0.859. The second-order valence-corrected chi connectivity index (χ2v) is 5.80. The molecule has 0 saturated carbocycles. The molecule has 0 radical (unpaired) electrons. The fourth-order valence-corrected chi connectivity index (χ4v) is 2.50. The van der Waals surface area contributed by atoms with E-state index in [1.807, 2.05) is 6.07 Å². The van der Waals surface area contributed by atoms with Gasteiger partial charge in [0.2, 0.25) is 12.6 Å². The highest BCUT2D eigenvalue weighted by molar-refractivity contribution is 9.10. The summed E-state index contributed by atoms with van der Waals surface area (Å²) in [6.45, 7) is 3.73. The lowest BCUT2D eigenvalue weighted by Crippen LogP contribution is -2.26. The Morgan fingerprint density at radius 1 is 1.32 bits per heavy atom. The summed E-state index contributed by atoms with van der Waals surface area (Å²) in [4.78, 5) is 22.1. The van der Waals surface area contributed by atoms with Gasteiger partial charge in [-0.15, -0.1) is 0 Å². The molecule has 0 saturated heterocycles. The lowest BCUT2D eigenvalue weighted by atomic mass is 9.79. The minimum Gasteiger partial charge on any atom is -0.476 e. The van der Waals surface area contributed by atoms with Gasteiger partial charge in [0.05, 0.1) is 4.47 Å². The van der Waals surface area contributed by atoms with Crippen molar-refractivity contribution in [2.24, 2.45) is 0 Å². The standard InChI is InChI=1S/C13H13BrO5/c1-13(2,5-9(15)12(16)17)7-3-4-8(14)11-10(7)18-6-19-11/h3-4H,5-6H2,1-2H3,(H,16,17). The number of halogens is 1. The number of carboxylic acid groups (broad SMARTS) is 1. The number of benzene rings is 1. The van der Waals surface area contributed by atoms with Crippen LogP contribution in [-0.4, -0.2) is 23.7 Å². The normalized spacial score (nSPS) is 13.4. The highest BCUT2D eigenvalue weighted by Crippen LogP contribution is 2.46. The van der Waals surface area contributed by atoms with Crippen molar-refractivity contribution in [1.82, 2.24) is 0 Å². The fraction of sp³-hybridized carbons (Fsp3) is 0.385. The number of hydrogen-bond acceptors (Lipinski definition) is 4. The first-order valence-electron chi connectivity index (χ1n) is 5.67. The Kier molecular flexibility index (Phi) is 3.54. The number of fused-ring (bicyclic) bond motifs is 1. The number of carbonyl (C=O) groups excluding carboxylic acids is 1. The molecule has 1 aromatic carbocycles. The van der Waals surface area contributed by atoms with Gasteiger partial charge in [-0.2, -0.15) is 0 Å². The zero-order chi connectivity index (χ0) is 14.2. The molecule has 1 N–H and O–H groups in total. The molecule has 0 bridgehead atoms. The molecule has 5 nitrogen and oxygen atoms in total. The molecule has 19 heavy (non-hydrogen) atoms. The molecule has 1 aliphatic rings. The highest BCUT2D eigenvalue weighted by Gasteiger charge is 2.33. The first-order chi connectivity index (χ1) is 8.83. The van der Waals surface area contributed by atoms with E-state index < -0.39 is 17.2 Å². The van der Waals surface area contributed by atoms with E-state index in [4.69, 9.17) is 14.6 Å². The average molecular weight is 329 g/mol. The molecular formula is C13H13BrO5. The molecule has 0 amide bonds. The van der Waals surface area contributed by atoms with Crippen LogP contribution in [0, 0.1) is 0 Å². The summed E-state index contributed by atoms with van der Waals surface area (Å²) >= 11 is 3.36. The van der Waals surface area contributed by atoms with E-state index in [2.05, 4.69) is 15.9 Å². The molecule has 102 valence electrons. The van der Waals surface area contributed by atoms with Crippen molar-refractivity contribution < 1.29 is 24.2 Å². The van der Waals surface area contributed by atoms with E-state index in [1.165, 1.54) is 0 Å². The number of ketones is 1. The summed E-state index contributed by atoms with van der Waals surface area (Å²) in [5, 5.41) is 8.72. The van der Waals surface area contributed by atoms with Crippen molar-refractivity contribution in [3.8, 4) is 11.5 Å². The van der Waals surface area contributed by atoms with Crippen LogP contribution in [0.25, 0.3) is 0 Å². The average Bonchev–Trinajstić information content (AvgIpc) is 2.77. The second kappa shape index (κ2) is 4.85. The van der Waals surface area contributed by atoms with E-state index in [1.54, 1.807) is 19.9 Å². The Morgan fingerprint density at radius 3 is 2.58 bits per heavy atom. The van der Waals surface area contributed by atoms with Crippen molar-refractivity contribution in [2.75, 3.05) is 6.79 Å². The number of hydrogen-bond donors (Lipinski definition) is 1. The second-order valence-electron chi connectivity index (χ2n) is 4.95.